The van der Waals surface area contributed by atoms with Crippen LogP contribution in [-0.2, 0) is 9.53 Å². The topological polar surface area (TPSA) is 104 Å². The van der Waals surface area contributed by atoms with Gasteiger partial charge in [-0.3, -0.25) is 0 Å². The molecule has 8 heteroatoms. The Balaban J connectivity index is 1.96. The third kappa shape index (κ3) is 3.66. The summed E-state index contributed by atoms with van der Waals surface area (Å²) in [5.41, 5.74) is 1.34. The van der Waals surface area contributed by atoms with E-state index in [4.69, 9.17) is 24.1 Å². The summed E-state index contributed by atoms with van der Waals surface area (Å²) in [6, 6.07) is 9.29. The fraction of sp³-hybridized carbons (Fsp3) is 0.150. The number of hydrogen-bond donors (Lipinski definition) is 1. The van der Waals surface area contributed by atoms with Crippen LogP contribution in [0.3, 0.4) is 0 Å². The van der Waals surface area contributed by atoms with Gasteiger partial charge in [0.1, 0.15) is 0 Å². The molecule has 28 heavy (non-hydrogen) atoms. The summed E-state index contributed by atoms with van der Waals surface area (Å²) in [5.74, 6) is -0.339. The molecule has 3 rings (SSSR count). The van der Waals surface area contributed by atoms with Crippen molar-refractivity contribution < 1.29 is 33.6 Å². The average molecular weight is 383 g/mol. The SMILES string of the molecule is COc1cc(C2=N/C(=C\c3ccc(C(=O)O)cc3)C(=O)O2)cc(OC)c1OC. The first-order valence-electron chi connectivity index (χ1n) is 8.13. The summed E-state index contributed by atoms with van der Waals surface area (Å²) in [7, 11) is 4.45. The first-order valence-corrected chi connectivity index (χ1v) is 8.13. The second kappa shape index (κ2) is 7.83. The Morgan fingerprint density at radius 2 is 1.64 bits per heavy atom. The van der Waals surface area contributed by atoms with Gasteiger partial charge in [-0.1, -0.05) is 12.1 Å². The van der Waals surface area contributed by atoms with Crippen molar-refractivity contribution in [2.75, 3.05) is 21.3 Å². The highest BCUT2D eigenvalue weighted by Gasteiger charge is 2.26. The van der Waals surface area contributed by atoms with E-state index in [9.17, 15) is 9.59 Å². The van der Waals surface area contributed by atoms with E-state index in [1.807, 2.05) is 0 Å². The van der Waals surface area contributed by atoms with E-state index in [2.05, 4.69) is 4.99 Å². The molecule has 0 fully saturated rings. The number of carboxylic acid groups (broad SMARTS) is 1. The van der Waals surface area contributed by atoms with E-state index in [0.717, 1.165) is 0 Å². The van der Waals surface area contributed by atoms with Crippen LogP contribution in [-0.4, -0.2) is 44.3 Å². The highest BCUT2D eigenvalue weighted by molar-refractivity contribution is 6.13. The zero-order valence-corrected chi connectivity index (χ0v) is 15.4. The second-order valence-electron chi connectivity index (χ2n) is 5.68. The summed E-state index contributed by atoms with van der Waals surface area (Å²) < 4.78 is 21.1. The third-order valence-corrected chi connectivity index (χ3v) is 3.99. The number of methoxy groups -OCH3 is 3. The lowest BCUT2D eigenvalue weighted by molar-refractivity contribution is -0.129. The van der Waals surface area contributed by atoms with E-state index >= 15 is 0 Å². The predicted octanol–water partition coefficient (Wildman–Crippen LogP) is 2.76. The highest BCUT2D eigenvalue weighted by atomic mass is 16.6. The highest BCUT2D eigenvalue weighted by Crippen LogP contribution is 2.39. The average Bonchev–Trinajstić information content (AvgIpc) is 3.07. The number of hydrogen-bond acceptors (Lipinski definition) is 7. The number of ether oxygens (including phenoxy) is 4. The predicted molar refractivity (Wildman–Crippen MR) is 100 cm³/mol. The van der Waals surface area contributed by atoms with Crippen LogP contribution >= 0.6 is 0 Å². The van der Waals surface area contributed by atoms with Crippen molar-refractivity contribution in [1.29, 1.82) is 0 Å². The smallest absolute Gasteiger partial charge is 0.363 e. The molecule has 1 N–H and O–H groups in total. The number of cyclic esters (lactones) is 1. The third-order valence-electron chi connectivity index (χ3n) is 3.99. The van der Waals surface area contributed by atoms with Crippen LogP contribution in [0.15, 0.2) is 47.1 Å². The largest absolute Gasteiger partial charge is 0.493 e. The maximum absolute atomic E-state index is 12.2. The van der Waals surface area contributed by atoms with Gasteiger partial charge in [0.25, 0.3) is 0 Å². The van der Waals surface area contributed by atoms with Gasteiger partial charge in [0.15, 0.2) is 17.2 Å². The van der Waals surface area contributed by atoms with Crippen LogP contribution in [0.1, 0.15) is 21.5 Å². The van der Waals surface area contributed by atoms with E-state index < -0.39 is 11.9 Å². The normalized spacial score (nSPS) is 14.5. The Morgan fingerprint density at radius 1 is 1.04 bits per heavy atom. The lowest BCUT2D eigenvalue weighted by Crippen LogP contribution is -2.06. The van der Waals surface area contributed by atoms with Gasteiger partial charge in [-0.05, 0) is 35.9 Å². The van der Waals surface area contributed by atoms with Crippen LogP contribution in [0.5, 0.6) is 17.2 Å². The van der Waals surface area contributed by atoms with E-state index in [1.54, 1.807) is 24.3 Å². The zero-order chi connectivity index (χ0) is 20.3. The summed E-state index contributed by atoms with van der Waals surface area (Å²) in [6.07, 6.45) is 1.51. The van der Waals surface area contributed by atoms with Crippen molar-refractivity contribution >= 4 is 23.9 Å². The molecule has 0 aliphatic carbocycles. The molecule has 144 valence electrons. The van der Waals surface area contributed by atoms with E-state index in [1.165, 1.54) is 39.5 Å². The minimum atomic E-state index is -1.03. The standard InChI is InChI=1S/C20H17NO7/c1-25-15-9-13(10-16(26-2)17(15)27-3)18-21-14(20(24)28-18)8-11-4-6-12(7-5-11)19(22)23/h4-10H,1-3H3,(H,22,23)/b14-8-. The van der Waals surface area contributed by atoms with Crippen LogP contribution in [0, 0.1) is 0 Å². The number of rotatable bonds is 6. The first kappa shape index (κ1) is 19.0. The molecule has 0 saturated carbocycles. The number of esters is 1. The molecule has 0 saturated heterocycles. The molecule has 1 aliphatic heterocycles. The van der Waals surface area contributed by atoms with Crippen molar-refractivity contribution in [3.8, 4) is 17.2 Å². The lowest BCUT2D eigenvalue weighted by atomic mass is 10.1. The molecule has 8 nitrogen and oxygen atoms in total. The molecule has 1 aliphatic rings. The first-order chi connectivity index (χ1) is 13.5. The summed E-state index contributed by atoms with van der Waals surface area (Å²) in [5, 5.41) is 8.94. The van der Waals surface area contributed by atoms with Gasteiger partial charge in [0, 0.05) is 5.56 Å². The molecule has 0 atom stereocenters. The molecule has 2 aromatic rings. The minimum Gasteiger partial charge on any atom is -0.493 e. The lowest BCUT2D eigenvalue weighted by Gasteiger charge is -2.13. The van der Waals surface area contributed by atoms with E-state index in [0.29, 0.717) is 28.4 Å². The van der Waals surface area contributed by atoms with Gasteiger partial charge in [0.05, 0.1) is 26.9 Å². The monoisotopic (exact) mass is 383 g/mol. The molecule has 0 bridgehead atoms. The van der Waals surface area contributed by atoms with Crippen LogP contribution in [0.4, 0.5) is 0 Å². The van der Waals surface area contributed by atoms with Gasteiger partial charge < -0.3 is 24.1 Å². The maximum Gasteiger partial charge on any atom is 0.363 e. The fourth-order valence-corrected chi connectivity index (χ4v) is 2.62. The van der Waals surface area contributed by atoms with E-state index in [-0.39, 0.29) is 17.2 Å². The number of benzene rings is 2. The Hall–Kier alpha value is -3.81. The Bertz CT molecular complexity index is 965. The maximum atomic E-state index is 12.2. The Morgan fingerprint density at radius 3 is 2.14 bits per heavy atom. The minimum absolute atomic E-state index is 0.0897. The fourth-order valence-electron chi connectivity index (χ4n) is 2.62. The molecule has 0 radical (unpaired) electrons. The number of nitrogens with zero attached hydrogens (tertiary/aromatic N) is 1. The van der Waals surface area contributed by atoms with Crippen LogP contribution < -0.4 is 14.2 Å². The van der Waals surface area contributed by atoms with Crippen LogP contribution in [0.2, 0.25) is 0 Å². The van der Waals surface area contributed by atoms with Crippen molar-refractivity contribution in [2.24, 2.45) is 4.99 Å². The van der Waals surface area contributed by atoms with Crippen LogP contribution in [0.25, 0.3) is 6.08 Å². The number of aliphatic imine (C=N–C) groups is 1. The molecule has 0 aromatic heterocycles. The molecule has 0 unspecified atom stereocenters. The molecule has 0 amide bonds. The molecular weight excluding hydrogens is 366 g/mol. The van der Waals surface area contributed by atoms with Gasteiger partial charge >= 0.3 is 11.9 Å². The van der Waals surface area contributed by atoms with Crippen molar-refractivity contribution in [2.45, 2.75) is 0 Å². The van der Waals surface area contributed by atoms with Crippen molar-refractivity contribution in [1.82, 2.24) is 0 Å². The molecule has 2 aromatic carbocycles. The Kier molecular flexibility index (Phi) is 5.30. The summed E-state index contributed by atoms with van der Waals surface area (Å²) in [4.78, 5) is 27.3. The van der Waals surface area contributed by atoms with Gasteiger partial charge in [-0.25, -0.2) is 14.6 Å². The van der Waals surface area contributed by atoms with Crippen molar-refractivity contribution in [3.63, 3.8) is 0 Å². The van der Waals surface area contributed by atoms with Gasteiger partial charge in [0.2, 0.25) is 11.6 Å². The summed E-state index contributed by atoms with van der Waals surface area (Å²) in [6.45, 7) is 0. The molecular formula is C20H17NO7. The van der Waals surface area contributed by atoms with Crippen molar-refractivity contribution in [3.05, 3.63) is 58.8 Å². The number of carbonyl (C=O) groups excluding carboxylic acids is 1. The number of carboxylic acids is 1. The summed E-state index contributed by atoms with van der Waals surface area (Å²) >= 11 is 0. The number of aromatic carboxylic acids is 1. The second-order valence-corrected chi connectivity index (χ2v) is 5.68. The number of carbonyl (C=O) groups is 2. The Labute approximate surface area is 160 Å². The quantitative estimate of drug-likeness (QED) is 0.604. The van der Waals surface area contributed by atoms with Gasteiger partial charge in [-0.15, -0.1) is 0 Å². The molecule has 1 heterocycles. The molecule has 0 spiro atoms. The zero-order valence-electron chi connectivity index (χ0n) is 15.4. The van der Waals surface area contributed by atoms with Gasteiger partial charge in [-0.2, -0.15) is 0 Å².